The quantitative estimate of drug-likeness (QED) is 0.586. The molecule has 0 aromatic heterocycles. The molecule has 1 rings (SSSR count). The zero-order chi connectivity index (χ0) is 15.2. The minimum absolute atomic E-state index is 0.105. The van der Waals surface area contributed by atoms with Crippen molar-refractivity contribution in [1.29, 1.82) is 0 Å². The summed E-state index contributed by atoms with van der Waals surface area (Å²) in [6, 6.07) is 5.56. The molecule has 0 fully saturated rings. The molecule has 0 saturated carbocycles. The van der Waals surface area contributed by atoms with Gasteiger partial charge in [-0.25, -0.2) is 0 Å². The van der Waals surface area contributed by atoms with Gasteiger partial charge in [-0.05, 0) is 18.6 Å². The number of nitrogens with one attached hydrogen (secondary N) is 1. The van der Waals surface area contributed by atoms with Crippen molar-refractivity contribution in [2.24, 2.45) is 0 Å². The van der Waals surface area contributed by atoms with Crippen LogP contribution in [0.25, 0.3) is 0 Å². The molecule has 1 N–H and O–H groups in total. The van der Waals surface area contributed by atoms with Crippen LogP contribution >= 0.6 is 11.6 Å². The summed E-state index contributed by atoms with van der Waals surface area (Å²) in [5.74, 6) is 0.252. The maximum absolute atomic E-state index is 12.0. The number of halogens is 4. The summed E-state index contributed by atoms with van der Waals surface area (Å²) < 4.78 is 41.1. The molecule has 1 aromatic rings. The predicted molar refractivity (Wildman–Crippen MR) is 75.0 cm³/mol. The fourth-order valence-electron chi connectivity index (χ4n) is 1.53. The molecule has 1 aromatic carbocycles. The third-order valence-corrected chi connectivity index (χ3v) is 2.85. The maximum atomic E-state index is 12.0. The lowest BCUT2D eigenvalue weighted by Gasteiger charge is -2.14. The largest absolute Gasteiger partial charge is 0.391 e. The number of rotatable bonds is 7. The van der Waals surface area contributed by atoms with Crippen molar-refractivity contribution >= 4 is 17.3 Å². The Bertz CT molecular complexity index is 460. The molecule has 0 unspecified atom stereocenters. The van der Waals surface area contributed by atoms with Gasteiger partial charge in [0.05, 0.1) is 25.5 Å². The van der Waals surface area contributed by atoms with Crippen LogP contribution in [0, 0.1) is 6.92 Å². The molecule has 0 aliphatic heterocycles. The van der Waals surface area contributed by atoms with Gasteiger partial charge in [0.1, 0.15) is 0 Å². The first-order valence-corrected chi connectivity index (χ1v) is 6.60. The molecule has 0 aliphatic carbocycles. The van der Waals surface area contributed by atoms with Crippen LogP contribution in [0.2, 0.25) is 0 Å². The maximum Gasteiger partial charge on any atom is 0.391 e. The highest BCUT2D eigenvalue weighted by Crippen LogP contribution is 2.22. The van der Waals surface area contributed by atoms with Crippen molar-refractivity contribution in [2.45, 2.75) is 26.1 Å². The number of ether oxygens (including phenoxy) is 1. The number of anilines is 1. The van der Waals surface area contributed by atoms with E-state index in [1.165, 1.54) is 0 Å². The zero-order valence-electron chi connectivity index (χ0n) is 11.2. The van der Waals surface area contributed by atoms with Gasteiger partial charge in [0.2, 0.25) is 0 Å². The van der Waals surface area contributed by atoms with Crippen molar-refractivity contribution in [1.82, 2.24) is 0 Å². The number of alkyl halides is 4. The summed E-state index contributed by atoms with van der Waals surface area (Å²) in [5, 5.41) is 3.03. The molecule has 0 radical (unpaired) electrons. The van der Waals surface area contributed by atoms with Gasteiger partial charge in [0.25, 0.3) is 0 Å². The molecule has 0 spiro atoms. The lowest BCUT2D eigenvalue weighted by atomic mass is 10.1. The van der Waals surface area contributed by atoms with E-state index in [1.807, 2.05) is 25.1 Å². The van der Waals surface area contributed by atoms with Crippen LogP contribution in [0.3, 0.4) is 0 Å². The molecular weight excluding hydrogens is 291 g/mol. The van der Waals surface area contributed by atoms with E-state index >= 15 is 0 Å². The first kappa shape index (κ1) is 16.9. The molecule has 20 heavy (non-hydrogen) atoms. The van der Waals surface area contributed by atoms with Gasteiger partial charge in [-0.15, -0.1) is 11.6 Å². The van der Waals surface area contributed by atoms with E-state index in [-0.39, 0.29) is 19.1 Å². The smallest absolute Gasteiger partial charge is 0.376 e. The summed E-state index contributed by atoms with van der Waals surface area (Å²) in [4.78, 5) is 0. The topological polar surface area (TPSA) is 21.3 Å². The van der Waals surface area contributed by atoms with Crippen LogP contribution < -0.4 is 5.32 Å². The van der Waals surface area contributed by atoms with Crippen LogP contribution in [0.1, 0.15) is 17.5 Å². The lowest BCUT2D eigenvalue weighted by Crippen LogP contribution is -2.12. The fourth-order valence-corrected chi connectivity index (χ4v) is 1.59. The Hall–Kier alpha value is -1.20. The van der Waals surface area contributed by atoms with Crippen LogP contribution in [0.5, 0.6) is 0 Å². The summed E-state index contributed by atoms with van der Waals surface area (Å²) in [7, 11) is 0. The summed E-state index contributed by atoms with van der Waals surface area (Å²) >= 11 is 5.65. The highest BCUT2D eigenvalue weighted by molar-refractivity contribution is 6.19. The second-order valence-electron chi connectivity index (χ2n) is 4.44. The summed E-state index contributed by atoms with van der Waals surface area (Å²) in [6.07, 6.45) is -5.14. The second-order valence-corrected chi connectivity index (χ2v) is 4.71. The third-order valence-electron chi connectivity index (χ3n) is 2.53. The van der Waals surface area contributed by atoms with Crippen molar-refractivity contribution in [3.63, 3.8) is 0 Å². The molecule has 6 heteroatoms. The van der Waals surface area contributed by atoms with Crippen molar-refractivity contribution in [3.05, 3.63) is 41.6 Å². The number of allylic oxidation sites excluding steroid dienone is 1. The SMILES string of the molecule is C=C(CCl)Nc1cc(C)ccc1COCCC(F)(F)F. The summed E-state index contributed by atoms with van der Waals surface area (Å²) in [5.41, 5.74) is 3.16. The van der Waals surface area contributed by atoms with E-state index in [0.717, 1.165) is 16.8 Å². The Kier molecular flexibility index (Phi) is 6.36. The van der Waals surface area contributed by atoms with Gasteiger partial charge in [0.15, 0.2) is 0 Å². The minimum Gasteiger partial charge on any atom is -0.376 e. The number of aryl methyl sites for hydroxylation is 1. The Labute approximate surface area is 121 Å². The minimum atomic E-state index is -4.19. The normalized spacial score (nSPS) is 11.4. The zero-order valence-corrected chi connectivity index (χ0v) is 11.9. The number of benzene rings is 1. The average molecular weight is 308 g/mol. The molecule has 2 nitrogen and oxygen atoms in total. The van der Waals surface area contributed by atoms with Crippen LogP contribution in [0.4, 0.5) is 18.9 Å². The first-order chi connectivity index (χ1) is 9.31. The average Bonchev–Trinajstić information content (AvgIpc) is 2.35. The molecule has 0 bridgehead atoms. The van der Waals surface area contributed by atoms with Gasteiger partial charge in [-0.3, -0.25) is 0 Å². The standard InChI is InChI=1S/C14H17ClF3NO/c1-10-3-4-12(9-20-6-5-14(16,17)18)13(7-10)19-11(2)8-15/h3-4,7,19H,2,5-6,8-9H2,1H3. The highest BCUT2D eigenvalue weighted by atomic mass is 35.5. The van der Waals surface area contributed by atoms with E-state index in [9.17, 15) is 13.2 Å². The molecule has 0 saturated heterocycles. The first-order valence-electron chi connectivity index (χ1n) is 6.06. The predicted octanol–water partition coefficient (Wildman–Crippen LogP) is 4.63. The lowest BCUT2D eigenvalue weighted by molar-refractivity contribution is -0.146. The van der Waals surface area contributed by atoms with Crippen molar-refractivity contribution in [3.8, 4) is 0 Å². The van der Waals surface area contributed by atoms with Crippen molar-refractivity contribution < 1.29 is 17.9 Å². The monoisotopic (exact) mass is 307 g/mol. The van der Waals surface area contributed by atoms with Crippen LogP contribution in [-0.4, -0.2) is 18.7 Å². The van der Waals surface area contributed by atoms with E-state index in [0.29, 0.717) is 5.70 Å². The van der Waals surface area contributed by atoms with Crippen molar-refractivity contribution in [2.75, 3.05) is 17.8 Å². The van der Waals surface area contributed by atoms with E-state index < -0.39 is 12.6 Å². The molecule has 112 valence electrons. The Morgan fingerprint density at radius 1 is 1.40 bits per heavy atom. The van der Waals surface area contributed by atoms with Gasteiger partial charge in [-0.2, -0.15) is 13.2 Å². The highest BCUT2D eigenvalue weighted by Gasteiger charge is 2.26. The van der Waals surface area contributed by atoms with E-state index in [2.05, 4.69) is 11.9 Å². The summed E-state index contributed by atoms with van der Waals surface area (Å²) in [6.45, 7) is 5.41. The van der Waals surface area contributed by atoms with Crippen LogP contribution in [-0.2, 0) is 11.3 Å². The number of hydrogen-bond donors (Lipinski definition) is 1. The Morgan fingerprint density at radius 2 is 2.10 bits per heavy atom. The van der Waals surface area contributed by atoms with E-state index in [4.69, 9.17) is 16.3 Å². The molecule has 0 amide bonds. The van der Waals surface area contributed by atoms with Crippen LogP contribution in [0.15, 0.2) is 30.5 Å². The van der Waals surface area contributed by atoms with Gasteiger partial charge in [-0.1, -0.05) is 18.7 Å². The van der Waals surface area contributed by atoms with Gasteiger partial charge in [0, 0.05) is 16.9 Å². The Morgan fingerprint density at radius 3 is 2.70 bits per heavy atom. The second kappa shape index (κ2) is 7.55. The fraction of sp³-hybridized carbons (Fsp3) is 0.429. The molecule has 0 heterocycles. The van der Waals surface area contributed by atoms with Gasteiger partial charge < -0.3 is 10.1 Å². The number of hydrogen-bond acceptors (Lipinski definition) is 2. The third kappa shape index (κ3) is 6.30. The molecule has 0 atom stereocenters. The molecule has 0 aliphatic rings. The van der Waals surface area contributed by atoms with E-state index in [1.54, 1.807) is 0 Å². The van der Waals surface area contributed by atoms with Gasteiger partial charge >= 0.3 is 6.18 Å². The molecular formula is C14H17ClF3NO. The Balaban J connectivity index is 2.62.